The van der Waals surface area contributed by atoms with Crippen LogP contribution in [0.4, 0.5) is 13.2 Å². The van der Waals surface area contributed by atoms with Crippen LogP contribution in [0.25, 0.3) is 11.1 Å². The minimum atomic E-state index is -4.70. The fourth-order valence-corrected chi connectivity index (χ4v) is 1.73. The molecule has 0 aliphatic rings. The molecule has 21 heavy (non-hydrogen) atoms. The Morgan fingerprint density at radius 2 is 1.86 bits per heavy atom. The third-order valence-corrected chi connectivity index (χ3v) is 2.50. The second kappa shape index (κ2) is 8.07. The molecule has 0 saturated carbocycles. The Kier molecular flexibility index (Phi) is 7.49. The van der Waals surface area contributed by atoms with E-state index in [0.717, 1.165) is 11.1 Å². The Labute approximate surface area is 132 Å². The van der Waals surface area contributed by atoms with Crippen LogP contribution in [0.2, 0.25) is 0 Å². The van der Waals surface area contributed by atoms with Crippen molar-refractivity contribution in [3.05, 3.63) is 48.3 Å². The lowest BCUT2D eigenvalue weighted by molar-refractivity contribution is -0.274. The summed E-state index contributed by atoms with van der Waals surface area (Å²) in [5.41, 5.74) is 7.68. The summed E-state index contributed by atoms with van der Waals surface area (Å²) in [6.07, 6.45) is -1.55. The maximum atomic E-state index is 12.2. The molecule has 1 aromatic carbocycles. The lowest BCUT2D eigenvalue weighted by Crippen LogP contribution is -2.17. The Balaban J connectivity index is 0.00000200. The molecule has 3 nitrogen and oxygen atoms in total. The third kappa shape index (κ3) is 5.41. The topological polar surface area (TPSA) is 48.1 Å². The minimum Gasteiger partial charge on any atom is -0.406 e. The van der Waals surface area contributed by atoms with E-state index in [-0.39, 0.29) is 37.1 Å². The van der Waals surface area contributed by atoms with Crippen molar-refractivity contribution in [1.29, 1.82) is 0 Å². The molecule has 0 aliphatic heterocycles. The van der Waals surface area contributed by atoms with Crippen molar-refractivity contribution in [3.8, 4) is 16.9 Å². The SMILES string of the molecule is Cl.Cl.NCc1cnccc1-c1cccc(OC(F)(F)F)c1. The number of nitrogens with zero attached hydrogens (tertiary/aromatic N) is 1. The maximum absolute atomic E-state index is 12.2. The van der Waals surface area contributed by atoms with E-state index in [2.05, 4.69) is 9.72 Å². The molecule has 0 atom stereocenters. The van der Waals surface area contributed by atoms with Crippen molar-refractivity contribution in [2.45, 2.75) is 12.9 Å². The quantitative estimate of drug-likeness (QED) is 0.920. The highest BCUT2D eigenvalue weighted by Gasteiger charge is 2.31. The Morgan fingerprint density at radius 1 is 1.14 bits per heavy atom. The van der Waals surface area contributed by atoms with Crippen molar-refractivity contribution in [2.75, 3.05) is 0 Å². The number of benzene rings is 1. The van der Waals surface area contributed by atoms with E-state index in [1.165, 1.54) is 18.2 Å². The Bertz CT molecular complexity index is 579. The number of hydrogen-bond acceptors (Lipinski definition) is 3. The summed E-state index contributed by atoms with van der Waals surface area (Å²) in [6.45, 7) is 0.257. The molecular weight excluding hydrogens is 328 g/mol. The molecule has 8 heteroatoms. The van der Waals surface area contributed by atoms with E-state index in [9.17, 15) is 13.2 Å². The summed E-state index contributed by atoms with van der Waals surface area (Å²) in [7, 11) is 0. The van der Waals surface area contributed by atoms with Gasteiger partial charge in [-0.3, -0.25) is 4.98 Å². The van der Waals surface area contributed by atoms with Gasteiger partial charge in [-0.15, -0.1) is 38.0 Å². The average Bonchev–Trinajstić information content (AvgIpc) is 2.37. The van der Waals surface area contributed by atoms with Crippen molar-refractivity contribution in [3.63, 3.8) is 0 Å². The molecule has 1 aromatic heterocycles. The number of hydrogen-bond donors (Lipinski definition) is 1. The van der Waals surface area contributed by atoms with Gasteiger partial charge in [0.1, 0.15) is 5.75 Å². The molecule has 0 bridgehead atoms. The van der Waals surface area contributed by atoms with E-state index < -0.39 is 6.36 Å². The summed E-state index contributed by atoms with van der Waals surface area (Å²) < 4.78 is 40.4. The molecular formula is C13H13Cl2F3N2O. The number of rotatable bonds is 3. The summed E-state index contributed by atoms with van der Waals surface area (Å²) >= 11 is 0. The summed E-state index contributed by atoms with van der Waals surface area (Å²) in [5.74, 6) is -0.259. The van der Waals surface area contributed by atoms with Crippen LogP contribution < -0.4 is 10.5 Å². The first-order chi connectivity index (χ1) is 8.99. The summed E-state index contributed by atoms with van der Waals surface area (Å²) in [6, 6.07) is 7.46. The van der Waals surface area contributed by atoms with Crippen LogP contribution in [0.15, 0.2) is 42.7 Å². The molecule has 0 fully saturated rings. The minimum absolute atomic E-state index is 0. The van der Waals surface area contributed by atoms with Gasteiger partial charge in [-0.25, -0.2) is 0 Å². The second-order valence-electron chi connectivity index (χ2n) is 3.81. The molecule has 2 N–H and O–H groups in total. The highest BCUT2D eigenvalue weighted by molar-refractivity contribution is 5.85. The first kappa shape index (κ1) is 19.5. The molecule has 0 unspecified atom stereocenters. The standard InChI is InChI=1S/C13H11F3N2O.2ClH/c14-13(15,16)19-11-3-1-2-9(6-11)12-4-5-18-8-10(12)7-17;;/h1-6,8H,7,17H2;2*1H. The number of nitrogens with two attached hydrogens (primary N) is 1. The van der Waals surface area contributed by atoms with E-state index in [1.54, 1.807) is 24.5 Å². The van der Waals surface area contributed by atoms with Gasteiger partial charge in [0.25, 0.3) is 0 Å². The van der Waals surface area contributed by atoms with Gasteiger partial charge in [0, 0.05) is 18.9 Å². The van der Waals surface area contributed by atoms with Crippen molar-refractivity contribution < 1.29 is 17.9 Å². The van der Waals surface area contributed by atoms with Gasteiger partial charge < -0.3 is 10.5 Å². The monoisotopic (exact) mass is 340 g/mol. The van der Waals surface area contributed by atoms with Crippen LogP contribution in [-0.4, -0.2) is 11.3 Å². The largest absolute Gasteiger partial charge is 0.573 e. The van der Waals surface area contributed by atoms with Gasteiger partial charge in [-0.1, -0.05) is 12.1 Å². The Morgan fingerprint density at radius 3 is 2.48 bits per heavy atom. The predicted octanol–water partition coefficient (Wildman–Crippen LogP) is 3.95. The van der Waals surface area contributed by atoms with E-state index >= 15 is 0 Å². The number of aromatic nitrogens is 1. The average molecular weight is 341 g/mol. The lowest BCUT2D eigenvalue weighted by Gasteiger charge is -2.11. The third-order valence-electron chi connectivity index (χ3n) is 2.50. The van der Waals surface area contributed by atoms with E-state index in [1.807, 2.05) is 0 Å². The van der Waals surface area contributed by atoms with Gasteiger partial charge in [-0.05, 0) is 34.9 Å². The van der Waals surface area contributed by atoms with E-state index in [0.29, 0.717) is 5.56 Å². The molecule has 0 radical (unpaired) electrons. The number of halogens is 5. The highest BCUT2D eigenvalue weighted by Crippen LogP contribution is 2.29. The molecule has 0 saturated heterocycles. The zero-order valence-corrected chi connectivity index (χ0v) is 12.3. The Hall–Kier alpha value is -1.50. The van der Waals surface area contributed by atoms with Crippen molar-refractivity contribution in [2.24, 2.45) is 5.73 Å². The molecule has 1 heterocycles. The highest BCUT2D eigenvalue weighted by atomic mass is 35.5. The molecule has 0 amide bonds. The van der Waals surface area contributed by atoms with Crippen LogP contribution in [-0.2, 0) is 6.54 Å². The van der Waals surface area contributed by atoms with Crippen LogP contribution in [0.5, 0.6) is 5.75 Å². The second-order valence-corrected chi connectivity index (χ2v) is 3.81. The zero-order chi connectivity index (χ0) is 13.9. The molecule has 0 spiro atoms. The van der Waals surface area contributed by atoms with Gasteiger partial charge >= 0.3 is 6.36 Å². The first-order valence-electron chi connectivity index (χ1n) is 5.49. The summed E-state index contributed by atoms with van der Waals surface area (Å²) in [4.78, 5) is 3.93. The molecule has 0 aliphatic carbocycles. The van der Waals surface area contributed by atoms with Gasteiger partial charge in [0.05, 0.1) is 0 Å². The van der Waals surface area contributed by atoms with Crippen LogP contribution >= 0.6 is 24.8 Å². The van der Waals surface area contributed by atoms with Crippen molar-refractivity contribution >= 4 is 24.8 Å². The van der Waals surface area contributed by atoms with Crippen molar-refractivity contribution in [1.82, 2.24) is 4.98 Å². The predicted molar refractivity (Wildman–Crippen MR) is 78.7 cm³/mol. The fraction of sp³-hybridized carbons (Fsp3) is 0.154. The first-order valence-corrected chi connectivity index (χ1v) is 5.49. The zero-order valence-electron chi connectivity index (χ0n) is 10.6. The summed E-state index contributed by atoms with van der Waals surface area (Å²) in [5, 5.41) is 0. The van der Waals surface area contributed by atoms with Gasteiger partial charge in [-0.2, -0.15) is 0 Å². The lowest BCUT2D eigenvalue weighted by atomic mass is 10.0. The normalized spacial score (nSPS) is 10.3. The number of pyridine rings is 1. The maximum Gasteiger partial charge on any atom is 0.573 e. The van der Waals surface area contributed by atoms with Crippen LogP contribution in [0.3, 0.4) is 0 Å². The fourth-order valence-electron chi connectivity index (χ4n) is 1.73. The molecule has 2 rings (SSSR count). The van der Waals surface area contributed by atoms with Gasteiger partial charge in [0.2, 0.25) is 0 Å². The smallest absolute Gasteiger partial charge is 0.406 e. The van der Waals surface area contributed by atoms with Crippen LogP contribution in [0, 0.1) is 0 Å². The van der Waals surface area contributed by atoms with E-state index in [4.69, 9.17) is 5.73 Å². The molecule has 2 aromatic rings. The number of alkyl halides is 3. The van der Waals surface area contributed by atoms with Crippen LogP contribution in [0.1, 0.15) is 5.56 Å². The van der Waals surface area contributed by atoms with Gasteiger partial charge in [0.15, 0.2) is 0 Å². The number of ether oxygens (including phenoxy) is 1. The molecule has 116 valence electrons.